The molecule has 1 aliphatic heterocycles. The largest absolute Gasteiger partial charge is 0.339 e. The SMILES string of the molecule is Cc1ccccc1N1CCC(=O)Nc2cc(I)c(F)cc21. The zero-order chi connectivity index (χ0) is 15.0. The number of nitrogens with one attached hydrogen (secondary N) is 1. The molecule has 2 aromatic carbocycles. The first-order chi connectivity index (χ1) is 10.1. The molecule has 0 radical (unpaired) electrons. The number of amides is 1. The van der Waals surface area contributed by atoms with Gasteiger partial charge in [-0.3, -0.25) is 4.79 Å². The van der Waals surface area contributed by atoms with Gasteiger partial charge < -0.3 is 10.2 Å². The summed E-state index contributed by atoms with van der Waals surface area (Å²) in [6.07, 6.45) is 0.376. The Morgan fingerprint density at radius 3 is 2.76 bits per heavy atom. The second-order valence-corrected chi connectivity index (χ2v) is 6.18. The molecule has 0 unspecified atom stereocenters. The number of hydrogen-bond donors (Lipinski definition) is 1. The molecule has 108 valence electrons. The van der Waals surface area contributed by atoms with Crippen molar-refractivity contribution in [2.75, 3.05) is 16.8 Å². The third-order valence-electron chi connectivity index (χ3n) is 3.57. The van der Waals surface area contributed by atoms with E-state index in [1.54, 1.807) is 6.07 Å². The Bertz CT molecular complexity index is 717. The van der Waals surface area contributed by atoms with Crippen molar-refractivity contribution in [3.8, 4) is 0 Å². The van der Waals surface area contributed by atoms with Crippen LogP contribution in [-0.4, -0.2) is 12.5 Å². The summed E-state index contributed by atoms with van der Waals surface area (Å²) < 4.78 is 14.5. The number of aryl methyl sites for hydroxylation is 1. The summed E-state index contributed by atoms with van der Waals surface area (Å²) in [5, 5.41) is 2.86. The average Bonchev–Trinajstić information content (AvgIpc) is 2.59. The van der Waals surface area contributed by atoms with Crippen molar-refractivity contribution in [1.82, 2.24) is 0 Å². The number of carbonyl (C=O) groups excluding carboxylic acids is 1. The third-order valence-corrected chi connectivity index (χ3v) is 4.40. The summed E-state index contributed by atoms with van der Waals surface area (Å²) in [4.78, 5) is 13.9. The predicted molar refractivity (Wildman–Crippen MR) is 90.5 cm³/mol. The Kier molecular flexibility index (Phi) is 3.84. The Morgan fingerprint density at radius 2 is 2.00 bits per heavy atom. The van der Waals surface area contributed by atoms with Crippen molar-refractivity contribution in [3.05, 3.63) is 51.3 Å². The summed E-state index contributed by atoms with van der Waals surface area (Å²) in [7, 11) is 0. The molecule has 0 aromatic heterocycles. The molecule has 1 N–H and O–H groups in total. The smallest absolute Gasteiger partial charge is 0.226 e. The second kappa shape index (κ2) is 5.63. The van der Waals surface area contributed by atoms with Gasteiger partial charge in [0.2, 0.25) is 5.91 Å². The molecule has 0 bridgehead atoms. The molecule has 2 aromatic rings. The van der Waals surface area contributed by atoms with Gasteiger partial charge in [-0.15, -0.1) is 0 Å². The van der Waals surface area contributed by atoms with Crippen LogP contribution >= 0.6 is 22.6 Å². The highest BCUT2D eigenvalue weighted by atomic mass is 127. The number of fused-ring (bicyclic) bond motifs is 1. The molecule has 0 spiro atoms. The van der Waals surface area contributed by atoms with Crippen molar-refractivity contribution in [3.63, 3.8) is 0 Å². The van der Waals surface area contributed by atoms with E-state index in [-0.39, 0.29) is 11.7 Å². The first-order valence-electron chi connectivity index (χ1n) is 6.68. The van der Waals surface area contributed by atoms with Gasteiger partial charge in [0.1, 0.15) is 5.82 Å². The molecular weight excluding hydrogens is 382 g/mol. The number of rotatable bonds is 1. The molecule has 1 heterocycles. The lowest BCUT2D eigenvalue weighted by Gasteiger charge is -2.26. The van der Waals surface area contributed by atoms with E-state index in [0.717, 1.165) is 11.3 Å². The van der Waals surface area contributed by atoms with E-state index in [4.69, 9.17) is 0 Å². The summed E-state index contributed by atoms with van der Waals surface area (Å²) >= 11 is 1.93. The fraction of sp³-hybridized carbons (Fsp3) is 0.188. The summed E-state index contributed by atoms with van der Waals surface area (Å²) in [5.74, 6) is -0.321. The summed E-state index contributed by atoms with van der Waals surface area (Å²) in [6, 6.07) is 11.1. The molecule has 21 heavy (non-hydrogen) atoms. The van der Waals surface area contributed by atoms with E-state index in [0.29, 0.717) is 27.9 Å². The van der Waals surface area contributed by atoms with Crippen LogP contribution in [0, 0.1) is 16.3 Å². The maximum absolute atomic E-state index is 14.0. The third kappa shape index (κ3) is 2.74. The fourth-order valence-corrected chi connectivity index (χ4v) is 2.99. The normalized spacial score (nSPS) is 14.4. The Labute approximate surface area is 136 Å². The van der Waals surface area contributed by atoms with Crippen LogP contribution in [0.3, 0.4) is 0 Å². The van der Waals surface area contributed by atoms with Gasteiger partial charge in [-0.1, -0.05) is 18.2 Å². The molecule has 0 saturated carbocycles. The molecule has 1 amide bonds. The molecule has 5 heteroatoms. The fourth-order valence-electron chi connectivity index (χ4n) is 2.52. The van der Waals surface area contributed by atoms with Gasteiger partial charge in [0.25, 0.3) is 0 Å². The minimum atomic E-state index is -0.274. The van der Waals surface area contributed by atoms with Gasteiger partial charge in [0.05, 0.1) is 14.9 Å². The zero-order valence-electron chi connectivity index (χ0n) is 11.5. The number of halogens is 2. The number of nitrogens with zero attached hydrogens (tertiary/aromatic N) is 1. The predicted octanol–water partition coefficient (Wildman–Crippen LogP) is 4.22. The molecule has 3 rings (SSSR count). The number of benzene rings is 2. The molecular formula is C16H14FIN2O. The van der Waals surface area contributed by atoms with E-state index in [9.17, 15) is 9.18 Å². The van der Waals surface area contributed by atoms with Crippen molar-refractivity contribution in [2.45, 2.75) is 13.3 Å². The lowest BCUT2D eigenvalue weighted by Crippen LogP contribution is -2.19. The molecule has 0 fully saturated rings. The number of carbonyl (C=O) groups is 1. The quantitative estimate of drug-likeness (QED) is 0.733. The van der Waals surface area contributed by atoms with Crippen molar-refractivity contribution in [2.24, 2.45) is 0 Å². The van der Waals surface area contributed by atoms with Crippen LogP contribution in [0.5, 0.6) is 0 Å². The zero-order valence-corrected chi connectivity index (χ0v) is 13.6. The van der Waals surface area contributed by atoms with E-state index < -0.39 is 0 Å². The van der Waals surface area contributed by atoms with Gasteiger partial charge in [0.15, 0.2) is 0 Å². The molecule has 3 nitrogen and oxygen atoms in total. The van der Waals surface area contributed by atoms with E-state index in [1.807, 2.05) is 58.7 Å². The van der Waals surface area contributed by atoms with Crippen LogP contribution in [0.4, 0.5) is 21.5 Å². The molecule has 0 aliphatic carbocycles. The van der Waals surface area contributed by atoms with Crippen LogP contribution in [0.15, 0.2) is 36.4 Å². The van der Waals surface area contributed by atoms with Crippen molar-refractivity contribution in [1.29, 1.82) is 0 Å². The average molecular weight is 396 g/mol. The molecule has 1 aliphatic rings. The highest BCUT2D eigenvalue weighted by Crippen LogP contribution is 2.37. The van der Waals surface area contributed by atoms with E-state index in [2.05, 4.69) is 5.32 Å². The molecule has 0 saturated heterocycles. The highest BCUT2D eigenvalue weighted by molar-refractivity contribution is 14.1. The number of anilines is 3. The number of para-hydroxylation sites is 1. The van der Waals surface area contributed by atoms with Crippen LogP contribution < -0.4 is 10.2 Å². The maximum atomic E-state index is 14.0. The van der Waals surface area contributed by atoms with Crippen LogP contribution in [0.2, 0.25) is 0 Å². The van der Waals surface area contributed by atoms with Crippen LogP contribution in [-0.2, 0) is 4.79 Å². The lowest BCUT2D eigenvalue weighted by atomic mass is 10.1. The highest BCUT2D eigenvalue weighted by Gasteiger charge is 2.22. The topological polar surface area (TPSA) is 32.3 Å². The minimum absolute atomic E-state index is 0.0465. The van der Waals surface area contributed by atoms with Crippen molar-refractivity contribution >= 4 is 45.6 Å². The van der Waals surface area contributed by atoms with Gasteiger partial charge in [-0.2, -0.15) is 0 Å². The Morgan fingerprint density at radius 1 is 1.24 bits per heavy atom. The van der Waals surface area contributed by atoms with Crippen LogP contribution in [0.25, 0.3) is 0 Å². The first kappa shape index (κ1) is 14.3. The Balaban J connectivity index is 2.17. The maximum Gasteiger partial charge on any atom is 0.226 e. The number of hydrogen-bond acceptors (Lipinski definition) is 2. The van der Waals surface area contributed by atoms with Crippen LogP contribution in [0.1, 0.15) is 12.0 Å². The van der Waals surface area contributed by atoms with E-state index in [1.165, 1.54) is 6.07 Å². The standard InChI is InChI=1S/C16H14FIN2O/c1-10-4-2-3-5-14(10)20-7-6-16(21)19-13-9-12(18)11(17)8-15(13)20/h2-5,8-9H,6-7H2,1H3,(H,19,21). The second-order valence-electron chi connectivity index (χ2n) is 5.02. The van der Waals surface area contributed by atoms with Gasteiger partial charge in [-0.05, 0) is 47.2 Å². The lowest BCUT2D eigenvalue weighted by molar-refractivity contribution is -0.115. The minimum Gasteiger partial charge on any atom is -0.339 e. The summed E-state index contributed by atoms with van der Waals surface area (Å²) in [5.41, 5.74) is 3.45. The van der Waals surface area contributed by atoms with Crippen molar-refractivity contribution < 1.29 is 9.18 Å². The van der Waals surface area contributed by atoms with Gasteiger partial charge in [-0.25, -0.2) is 4.39 Å². The molecule has 0 atom stereocenters. The first-order valence-corrected chi connectivity index (χ1v) is 7.76. The monoisotopic (exact) mass is 396 g/mol. The van der Waals surface area contributed by atoms with Gasteiger partial charge in [0, 0.05) is 24.7 Å². The van der Waals surface area contributed by atoms with Gasteiger partial charge >= 0.3 is 0 Å². The van der Waals surface area contributed by atoms with E-state index >= 15 is 0 Å². The summed E-state index contributed by atoms with van der Waals surface area (Å²) in [6.45, 7) is 2.54. The Hall–Kier alpha value is -1.63.